The Labute approximate surface area is 92.8 Å². The Hall–Kier alpha value is 0.150. The summed E-state index contributed by atoms with van der Waals surface area (Å²) in [6.07, 6.45) is 7.20. The third kappa shape index (κ3) is 3.90. The minimum Gasteiger partial charge on any atom is -0.324 e. The van der Waals surface area contributed by atoms with Gasteiger partial charge >= 0.3 is 7.60 Å². The van der Waals surface area contributed by atoms with Gasteiger partial charge in [0, 0.05) is 6.16 Å². The molecule has 15 heavy (non-hydrogen) atoms. The topological polar surface area (TPSA) is 46.5 Å². The zero-order valence-electron chi connectivity index (χ0n) is 9.87. The molecule has 0 saturated heterocycles. The van der Waals surface area contributed by atoms with Crippen molar-refractivity contribution >= 4 is 7.60 Å². The van der Waals surface area contributed by atoms with E-state index >= 15 is 0 Å². The fourth-order valence-corrected chi connectivity index (χ4v) is 3.91. The molecule has 1 N–H and O–H groups in total. The first kappa shape index (κ1) is 13.2. The summed E-state index contributed by atoms with van der Waals surface area (Å²) >= 11 is 0. The molecule has 0 spiro atoms. The fraction of sp³-hybridized carbons (Fsp3) is 1.00. The molecule has 0 radical (unpaired) electrons. The molecule has 4 heteroatoms. The maximum atomic E-state index is 11.8. The van der Waals surface area contributed by atoms with E-state index in [1.54, 1.807) is 0 Å². The molecule has 0 bridgehead atoms. The molecular formula is C11H23O3P. The average Bonchev–Trinajstić information content (AvgIpc) is 2.18. The number of hydrogen-bond donors (Lipinski definition) is 1. The van der Waals surface area contributed by atoms with Crippen LogP contribution in [0.2, 0.25) is 0 Å². The van der Waals surface area contributed by atoms with Gasteiger partial charge in [0.1, 0.15) is 0 Å². The smallest absolute Gasteiger partial charge is 0.324 e. The molecule has 0 aromatic rings. The Kier molecular flexibility index (Phi) is 4.82. The van der Waals surface area contributed by atoms with Gasteiger partial charge < -0.3 is 9.42 Å². The highest BCUT2D eigenvalue weighted by molar-refractivity contribution is 7.52. The minimum absolute atomic E-state index is 0.286. The first-order chi connectivity index (χ1) is 7.04. The molecule has 3 nitrogen and oxygen atoms in total. The van der Waals surface area contributed by atoms with Crippen LogP contribution in [0.3, 0.4) is 0 Å². The summed E-state index contributed by atoms with van der Waals surface area (Å²) in [6.45, 7) is 3.96. The van der Waals surface area contributed by atoms with Gasteiger partial charge in [-0.1, -0.05) is 33.1 Å². The van der Waals surface area contributed by atoms with Crippen molar-refractivity contribution < 1.29 is 14.0 Å². The summed E-state index contributed by atoms with van der Waals surface area (Å²) in [5, 5.41) is 0. The first-order valence-electron chi connectivity index (χ1n) is 6.06. The van der Waals surface area contributed by atoms with Crippen LogP contribution < -0.4 is 0 Å². The maximum absolute atomic E-state index is 11.8. The van der Waals surface area contributed by atoms with Crippen molar-refractivity contribution in [3.63, 3.8) is 0 Å². The van der Waals surface area contributed by atoms with Gasteiger partial charge in [0.15, 0.2) is 0 Å². The monoisotopic (exact) mass is 234 g/mol. The van der Waals surface area contributed by atoms with Crippen LogP contribution in [0.15, 0.2) is 0 Å². The SMILES string of the molecule is CCCP(=O)(O)OC1(CC)CCCCC1. The van der Waals surface area contributed by atoms with Crippen molar-refractivity contribution in [3.8, 4) is 0 Å². The molecule has 1 rings (SSSR count). The van der Waals surface area contributed by atoms with E-state index in [1.807, 2.05) is 6.92 Å². The zero-order valence-corrected chi connectivity index (χ0v) is 10.8. The molecule has 1 unspecified atom stereocenters. The lowest BCUT2D eigenvalue weighted by atomic mass is 9.83. The molecule has 0 amide bonds. The second kappa shape index (κ2) is 5.47. The van der Waals surface area contributed by atoms with Crippen molar-refractivity contribution in [1.29, 1.82) is 0 Å². The lowest BCUT2D eigenvalue weighted by Gasteiger charge is -2.37. The van der Waals surface area contributed by atoms with Gasteiger partial charge in [0.25, 0.3) is 0 Å². The molecule has 0 aromatic carbocycles. The van der Waals surface area contributed by atoms with E-state index in [-0.39, 0.29) is 11.8 Å². The summed E-state index contributed by atoms with van der Waals surface area (Å²) in [5.74, 6) is 0. The lowest BCUT2D eigenvalue weighted by molar-refractivity contribution is 0.0167. The number of rotatable bonds is 5. The Morgan fingerprint density at radius 1 is 1.27 bits per heavy atom. The highest BCUT2D eigenvalue weighted by Gasteiger charge is 2.37. The average molecular weight is 234 g/mol. The standard InChI is InChI=1S/C11H23O3P/c1-3-10-15(12,13)14-11(4-2)8-6-5-7-9-11/h3-10H2,1-2H3,(H,12,13). The molecule has 0 heterocycles. The molecular weight excluding hydrogens is 211 g/mol. The van der Waals surface area contributed by atoms with Crippen LogP contribution in [-0.4, -0.2) is 16.7 Å². The van der Waals surface area contributed by atoms with E-state index in [4.69, 9.17) is 4.52 Å². The van der Waals surface area contributed by atoms with Gasteiger partial charge in [-0.3, -0.25) is 4.57 Å². The van der Waals surface area contributed by atoms with E-state index < -0.39 is 7.60 Å². The van der Waals surface area contributed by atoms with Gasteiger partial charge in [-0.2, -0.15) is 0 Å². The van der Waals surface area contributed by atoms with E-state index in [0.717, 1.165) is 32.1 Å². The summed E-state index contributed by atoms with van der Waals surface area (Å²) < 4.78 is 17.3. The van der Waals surface area contributed by atoms with Crippen molar-refractivity contribution in [2.75, 3.05) is 6.16 Å². The Morgan fingerprint density at radius 3 is 2.33 bits per heavy atom. The van der Waals surface area contributed by atoms with Crippen molar-refractivity contribution in [1.82, 2.24) is 0 Å². The number of hydrogen-bond acceptors (Lipinski definition) is 2. The van der Waals surface area contributed by atoms with Crippen LogP contribution in [0, 0.1) is 0 Å². The van der Waals surface area contributed by atoms with Crippen LogP contribution in [0.25, 0.3) is 0 Å². The third-order valence-corrected chi connectivity index (χ3v) is 4.94. The molecule has 0 aliphatic heterocycles. The Balaban J connectivity index is 2.62. The van der Waals surface area contributed by atoms with Gasteiger partial charge in [0.2, 0.25) is 0 Å². The Morgan fingerprint density at radius 2 is 1.87 bits per heavy atom. The predicted molar refractivity (Wildman–Crippen MR) is 62.2 cm³/mol. The van der Waals surface area contributed by atoms with Crippen molar-refractivity contribution in [2.45, 2.75) is 64.4 Å². The van der Waals surface area contributed by atoms with Gasteiger partial charge in [0.05, 0.1) is 5.60 Å². The van der Waals surface area contributed by atoms with Crippen LogP contribution in [0.4, 0.5) is 0 Å². The third-order valence-electron chi connectivity index (χ3n) is 3.25. The van der Waals surface area contributed by atoms with Gasteiger partial charge in [-0.25, -0.2) is 0 Å². The van der Waals surface area contributed by atoms with E-state index in [0.29, 0.717) is 6.42 Å². The summed E-state index contributed by atoms with van der Waals surface area (Å²) in [4.78, 5) is 9.70. The highest BCUT2D eigenvalue weighted by Crippen LogP contribution is 2.51. The van der Waals surface area contributed by atoms with Crippen LogP contribution in [0.5, 0.6) is 0 Å². The molecule has 90 valence electrons. The minimum atomic E-state index is -3.34. The quantitative estimate of drug-likeness (QED) is 0.737. The van der Waals surface area contributed by atoms with E-state index in [1.165, 1.54) is 6.42 Å². The largest absolute Gasteiger partial charge is 0.328 e. The zero-order chi connectivity index (χ0) is 11.4. The van der Waals surface area contributed by atoms with Crippen molar-refractivity contribution in [3.05, 3.63) is 0 Å². The van der Waals surface area contributed by atoms with Crippen LogP contribution in [0.1, 0.15) is 58.8 Å². The predicted octanol–water partition coefficient (Wildman–Crippen LogP) is 3.71. The van der Waals surface area contributed by atoms with Crippen LogP contribution >= 0.6 is 7.60 Å². The molecule has 0 aromatic heterocycles. The lowest BCUT2D eigenvalue weighted by Crippen LogP contribution is -2.33. The summed E-state index contributed by atoms with van der Waals surface area (Å²) in [6, 6.07) is 0. The normalized spacial score (nSPS) is 24.7. The van der Waals surface area contributed by atoms with Gasteiger partial charge in [-0.15, -0.1) is 0 Å². The summed E-state index contributed by atoms with van der Waals surface area (Å²) in [5.41, 5.74) is -0.308. The molecule has 1 aliphatic carbocycles. The second-order valence-corrected chi connectivity index (χ2v) is 6.45. The van der Waals surface area contributed by atoms with E-state index in [2.05, 4.69) is 6.92 Å². The molecule has 1 aliphatic rings. The fourth-order valence-electron chi connectivity index (χ4n) is 2.34. The molecule has 1 fully saturated rings. The summed E-state index contributed by atoms with van der Waals surface area (Å²) in [7, 11) is -3.34. The highest BCUT2D eigenvalue weighted by atomic mass is 31.2. The molecule has 1 atom stereocenters. The Bertz CT molecular complexity index is 234. The maximum Gasteiger partial charge on any atom is 0.328 e. The van der Waals surface area contributed by atoms with E-state index in [9.17, 15) is 9.46 Å². The first-order valence-corrected chi connectivity index (χ1v) is 7.82. The second-order valence-electron chi connectivity index (χ2n) is 4.55. The van der Waals surface area contributed by atoms with Crippen molar-refractivity contribution in [2.24, 2.45) is 0 Å². The molecule has 1 saturated carbocycles. The van der Waals surface area contributed by atoms with Crippen LogP contribution in [-0.2, 0) is 9.09 Å². The van der Waals surface area contributed by atoms with Gasteiger partial charge in [-0.05, 0) is 25.7 Å².